The molecule has 0 aliphatic rings. The standard InChI is InChI=1S/C23H22Cl2F3N3O6S/c1-11(33)20(9-32)37-23(38-13-2-3-14(24)15(25)6-13)19(36-10-21(34)35)8-31-7-18(29-30-31)12-4-16(26)22(28)17(27)5-12/h2-7,11,19-20,23,32-33H,8-10H2,1H3,(H,34,35)/t11-,19+,20?,23?/m1/s1. The summed E-state index contributed by atoms with van der Waals surface area (Å²) in [5.41, 5.74) is -1.11. The molecule has 4 atom stereocenters. The van der Waals surface area contributed by atoms with Crippen LogP contribution in [-0.4, -0.2) is 73.2 Å². The third kappa shape index (κ3) is 8.06. The van der Waals surface area contributed by atoms with Gasteiger partial charge in [-0.15, -0.1) is 5.10 Å². The molecular formula is C23H22Cl2F3N3O6S. The van der Waals surface area contributed by atoms with E-state index in [4.69, 9.17) is 32.7 Å². The first-order valence-corrected chi connectivity index (χ1v) is 12.6. The van der Waals surface area contributed by atoms with Crippen LogP contribution in [0.25, 0.3) is 11.3 Å². The van der Waals surface area contributed by atoms with Gasteiger partial charge in [0.1, 0.15) is 29.9 Å². The lowest BCUT2D eigenvalue weighted by Crippen LogP contribution is -2.41. The number of thioether (sulfide) groups is 1. The molecule has 0 saturated carbocycles. The zero-order valence-electron chi connectivity index (χ0n) is 19.6. The van der Waals surface area contributed by atoms with Crippen molar-refractivity contribution in [1.29, 1.82) is 0 Å². The highest BCUT2D eigenvalue weighted by Gasteiger charge is 2.31. The maximum Gasteiger partial charge on any atom is 0.329 e. The molecule has 0 aliphatic heterocycles. The molecule has 0 bridgehead atoms. The van der Waals surface area contributed by atoms with Crippen LogP contribution < -0.4 is 0 Å². The maximum absolute atomic E-state index is 13.7. The maximum atomic E-state index is 13.7. The van der Waals surface area contributed by atoms with Crippen LogP contribution in [0.5, 0.6) is 0 Å². The number of aliphatic hydroxyl groups excluding tert-OH is 2. The molecule has 0 amide bonds. The first kappa shape index (κ1) is 30.2. The van der Waals surface area contributed by atoms with Gasteiger partial charge in [0, 0.05) is 10.5 Å². The summed E-state index contributed by atoms with van der Waals surface area (Å²) >= 11 is 13.2. The average Bonchev–Trinajstić information content (AvgIpc) is 3.33. The Hall–Kier alpha value is -2.39. The second kappa shape index (κ2) is 13.6. The topological polar surface area (TPSA) is 127 Å². The first-order valence-electron chi connectivity index (χ1n) is 10.9. The van der Waals surface area contributed by atoms with Crippen molar-refractivity contribution in [1.82, 2.24) is 15.0 Å². The third-order valence-corrected chi connectivity index (χ3v) is 6.99. The van der Waals surface area contributed by atoms with Crippen molar-refractivity contribution in [2.45, 2.75) is 42.1 Å². The van der Waals surface area contributed by atoms with E-state index in [1.165, 1.54) is 17.8 Å². The molecular weight excluding hydrogens is 574 g/mol. The van der Waals surface area contributed by atoms with Gasteiger partial charge in [-0.25, -0.2) is 22.6 Å². The minimum Gasteiger partial charge on any atom is -0.480 e. The molecule has 9 nitrogen and oxygen atoms in total. The van der Waals surface area contributed by atoms with Crippen LogP contribution in [0.4, 0.5) is 13.2 Å². The second-order valence-electron chi connectivity index (χ2n) is 7.98. The van der Waals surface area contributed by atoms with E-state index in [-0.39, 0.29) is 22.8 Å². The number of ether oxygens (including phenoxy) is 2. The number of hydrogen-bond donors (Lipinski definition) is 3. The van der Waals surface area contributed by atoms with Crippen LogP contribution in [0.3, 0.4) is 0 Å². The van der Waals surface area contributed by atoms with Gasteiger partial charge in [-0.05, 0) is 37.3 Å². The van der Waals surface area contributed by atoms with Crippen LogP contribution in [0.1, 0.15) is 6.92 Å². The van der Waals surface area contributed by atoms with Crippen molar-refractivity contribution in [2.24, 2.45) is 0 Å². The summed E-state index contributed by atoms with van der Waals surface area (Å²) in [6.45, 7) is -0.0687. The Morgan fingerprint density at radius 3 is 2.39 bits per heavy atom. The quantitative estimate of drug-likeness (QED) is 0.152. The number of carbonyl (C=O) groups is 1. The van der Waals surface area contributed by atoms with Crippen LogP contribution in [-0.2, 0) is 20.8 Å². The summed E-state index contributed by atoms with van der Waals surface area (Å²) < 4.78 is 53.4. The zero-order chi connectivity index (χ0) is 28.0. The number of halogens is 5. The number of aromatic nitrogens is 3. The van der Waals surface area contributed by atoms with E-state index in [9.17, 15) is 33.3 Å². The summed E-state index contributed by atoms with van der Waals surface area (Å²) in [6.07, 6.45) is -1.95. The molecule has 38 heavy (non-hydrogen) atoms. The average molecular weight is 596 g/mol. The van der Waals surface area contributed by atoms with E-state index in [0.29, 0.717) is 9.92 Å². The molecule has 0 aliphatic carbocycles. The van der Waals surface area contributed by atoms with E-state index in [2.05, 4.69) is 10.3 Å². The van der Waals surface area contributed by atoms with Crippen molar-refractivity contribution in [3.63, 3.8) is 0 Å². The molecule has 0 spiro atoms. The number of hydrogen-bond acceptors (Lipinski definition) is 8. The largest absolute Gasteiger partial charge is 0.480 e. The molecule has 15 heteroatoms. The number of carboxylic acids is 1. The van der Waals surface area contributed by atoms with Gasteiger partial charge in [-0.1, -0.05) is 40.2 Å². The first-order chi connectivity index (χ1) is 18.0. The number of carboxylic acid groups (broad SMARTS) is 1. The van der Waals surface area contributed by atoms with E-state index in [0.717, 1.165) is 23.9 Å². The Kier molecular flexibility index (Phi) is 10.8. The molecule has 206 valence electrons. The molecule has 2 unspecified atom stereocenters. The number of aliphatic hydroxyl groups is 2. The van der Waals surface area contributed by atoms with Crippen molar-refractivity contribution in [2.75, 3.05) is 13.2 Å². The highest BCUT2D eigenvalue weighted by Crippen LogP contribution is 2.34. The van der Waals surface area contributed by atoms with Gasteiger partial charge in [0.05, 0.1) is 35.5 Å². The van der Waals surface area contributed by atoms with Gasteiger partial charge in [-0.2, -0.15) is 0 Å². The summed E-state index contributed by atoms with van der Waals surface area (Å²) in [6, 6.07) is 6.22. The minimum atomic E-state index is -1.63. The zero-order valence-corrected chi connectivity index (χ0v) is 21.9. The fourth-order valence-electron chi connectivity index (χ4n) is 3.16. The predicted molar refractivity (Wildman–Crippen MR) is 132 cm³/mol. The monoisotopic (exact) mass is 595 g/mol. The third-order valence-electron chi connectivity index (χ3n) is 5.08. The molecule has 0 fully saturated rings. The van der Waals surface area contributed by atoms with Gasteiger partial charge < -0.3 is 24.8 Å². The fourth-order valence-corrected chi connectivity index (χ4v) is 4.64. The van der Waals surface area contributed by atoms with Crippen LogP contribution in [0.2, 0.25) is 10.0 Å². The SMILES string of the molecule is C[C@@H](O)C(CO)OC(Sc1ccc(Cl)c(Cl)c1)[C@H](Cn1cc(-c2cc(F)c(F)c(F)c2)nn1)OCC(=O)O. The van der Waals surface area contributed by atoms with Gasteiger partial charge in [-0.3, -0.25) is 0 Å². The van der Waals surface area contributed by atoms with Crippen LogP contribution >= 0.6 is 35.0 Å². The highest BCUT2D eigenvalue weighted by molar-refractivity contribution is 7.99. The summed E-state index contributed by atoms with van der Waals surface area (Å²) in [4.78, 5) is 11.8. The summed E-state index contributed by atoms with van der Waals surface area (Å²) in [5, 5.41) is 37.2. The van der Waals surface area contributed by atoms with Gasteiger partial charge in [0.25, 0.3) is 0 Å². The Morgan fingerprint density at radius 1 is 1.13 bits per heavy atom. The van der Waals surface area contributed by atoms with Gasteiger partial charge in [0.15, 0.2) is 17.5 Å². The number of benzene rings is 2. The Balaban J connectivity index is 1.93. The molecule has 2 aromatic carbocycles. The molecule has 1 aromatic heterocycles. The van der Waals surface area contributed by atoms with Crippen molar-refractivity contribution >= 4 is 40.9 Å². The van der Waals surface area contributed by atoms with E-state index in [1.807, 2.05) is 0 Å². The summed E-state index contributed by atoms with van der Waals surface area (Å²) in [5.74, 6) is -5.72. The Bertz CT molecular complexity index is 1250. The lowest BCUT2D eigenvalue weighted by atomic mass is 10.1. The lowest BCUT2D eigenvalue weighted by Gasteiger charge is -2.30. The molecule has 3 N–H and O–H groups in total. The van der Waals surface area contributed by atoms with E-state index >= 15 is 0 Å². The van der Waals surface area contributed by atoms with Crippen LogP contribution in [0, 0.1) is 17.5 Å². The van der Waals surface area contributed by atoms with Crippen LogP contribution in [0.15, 0.2) is 41.4 Å². The molecule has 3 rings (SSSR count). The van der Waals surface area contributed by atoms with Gasteiger partial charge in [0.2, 0.25) is 0 Å². The molecule has 0 saturated heterocycles. The Morgan fingerprint density at radius 2 is 1.82 bits per heavy atom. The highest BCUT2D eigenvalue weighted by atomic mass is 35.5. The fraction of sp³-hybridized carbons (Fsp3) is 0.348. The molecule has 0 radical (unpaired) electrons. The van der Waals surface area contributed by atoms with Crippen molar-refractivity contribution in [3.05, 3.63) is 64.0 Å². The Labute approximate surface area is 229 Å². The lowest BCUT2D eigenvalue weighted by molar-refractivity contribution is -0.151. The van der Waals surface area contributed by atoms with Crippen molar-refractivity contribution < 1.29 is 42.8 Å². The van der Waals surface area contributed by atoms with Crippen molar-refractivity contribution in [3.8, 4) is 11.3 Å². The number of aliphatic carboxylic acids is 1. The van der Waals surface area contributed by atoms with E-state index in [1.54, 1.807) is 18.2 Å². The summed E-state index contributed by atoms with van der Waals surface area (Å²) in [7, 11) is 0. The number of rotatable bonds is 13. The molecule has 3 aromatic rings. The smallest absolute Gasteiger partial charge is 0.329 e. The second-order valence-corrected chi connectivity index (χ2v) is 9.97. The predicted octanol–water partition coefficient (Wildman–Crippen LogP) is 4.02. The minimum absolute atomic E-state index is 0.00612. The number of nitrogens with zero attached hydrogens (tertiary/aromatic N) is 3. The normalized spacial score (nSPS) is 14.7. The molecule has 1 heterocycles. The van der Waals surface area contributed by atoms with Gasteiger partial charge >= 0.3 is 5.97 Å². The van der Waals surface area contributed by atoms with E-state index < -0.39 is 60.4 Å².